The summed E-state index contributed by atoms with van der Waals surface area (Å²) in [6, 6.07) is 1.83. The molecule has 18 heavy (non-hydrogen) atoms. The van der Waals surface area contributed by atoms with Gasteiger partial charge in [-0.15, -0.1) is 12.4 Å². The minimum absolute atomic E-state index is 0. The Morgan fingerprint density at radius 2 is 1.67 bits per heavy atom. The molecule has 0 atom stereocenters. The zero-order valence-electron chi connectivity index (χ0n) is 11.5. The molecule has 0 unspecified atom stereocenters. The van der Waals surface area contributed by atoms with Gasteiger partial charge in [0.15, 0.2) is 0 Å². The van der Waals surface area contributed by atoms with E-state index < -0.39 is 0 Å². The molecular weight excluding hydrogens is 250 g/mol. The van der Waals surface area contributed by atoms with Crippen LogP contribution in [0.4, 0.5) is 5.82 Å². The van der Waals surface area contributed by atoms with E-state index in [4.69, 9.17) is 15.0 Å². The summed E-state index contributed by atoms with van der Waals surface area (Å²) in [5.74, 6) is 0.516. The van der Waals surface area contributed by atoms with Gasteiger partial charge in [-0.1, -0.05) is 0 Å². The van der Waals surface area contributed by atoms with Gasteiger partial charge in [0.2, 0.25) is 0 Å². The van der Waals surface area contributed by atoms with Crippen LogP contribution >= 0.6 is 12.4 Å². The molecule has 0 bridgehead atoms. The minimum Gasteiger partial charge on any atom is -0.399 e. The van der Waals surface area contributed by atoms with E-state index >= 15 is 0 Å². The number of nitrogen functional groups attached to an aromatic ring is 1. The molecule has 100 valence electrons. The summed E-state index contributed by atoms with van der Waals surface area (Å²) in [6.45, 7) is 10.1. The highest BCUT2D eigenvalue weighted by Gasteiger charge is 2.52. The van der Waals surface area contributed by atoms with Crippen molar-refractivity contribution in [1.29, 1.82) is 0 Å². The molecule has 0 saturated carbocycles. The second-order valence-electron chi connectivity index (χ2n) is 5.55. The largest absolute Gasteiger partial charge is 0.496 e. The normalized spacial score (nSPS) is 20.6. The molecule has 1 fully saturated rings. The quantitative estimate of drug-likeness (QED) is 0.789. The van der Waals surface area contributed by atoms with Crippen LogP contribution in [-0.4, -0.2) is 23.3 Å². The zero-order chi connectivity index (χ0) is 12.8. The van der Waals surface area contributed by atoms with Gasteiger partial charge in [-0.25, -0.2) is 4.98 Å². The Morgan fingerprint density at radius 3 is 2.11 bits per heavy atom. The van der Waals surface area contributed by atoms with Crippen molar-refractivity contribution in [1.82, 2.24) is 4.98 Å². The highest BCUT2D eigenvalue weighted by atomic mass is 35.5. The summed E-state index contributed by atoms with van der Waals surface area (Å²) < 4.78 is 11.9. The summed E-state index contributed by atoms with van der Waals surface area (Å²) in [7, 11) is -0.368. The van der Waals surface area contributed by atoms with Crippen LogP contribution in [0.2, 0.25) is 0 Å². The number of nitrogens with zero attached hydrogens (tertiary/aromatic N) is 1. The third kappa shape index (κ3) is 2.48. The summed E-state index contributed by atoms with van der Waals surface area (Å²) in [5, 5.41) is 0. The van der Waals surface area contributed by atoms with Crippen LogP contribution in [0.3, 0.4) is 0 Å². The first kappa shape index (κ1) is 15.3. The van der Waals surface area contributed by atoms with Crippen molar-refractivity contribution < 1.29 is 9.31 Å². The van der Waals surface area contributed by atoms with Crippen LogP contribution in [0, 0.1) is 6.92 Å². The first-order valence-electron chi connectivity index (χ1n) is 5.80. The molecule has 0 aromatic carbocycles. The van der Waals surface area contributed by atoms with Gasteiger partial charge in [-0.3, -0.25) is 0 Å². The van der Waals surface area contributed by atoms with Gasteiger partial charge in [0, 0.05) is 11.7 Å². The van der Waals surface area contributed by atoms with Gasteiger partial charge < -0.3 is 15.0 Å². The monoisotopic (exact) mass is 270 g/mol. The standard InChI is InChI=1S/C12H19BN2O2.ClH/c1-8-6-10(14)15-7-9(8)13-16-11(2,3)12(4,5)17-13;/h6-7H,1-5H3,(H2,14,15);1H. The zero-order valence-corrected chi connectivity index (χ0v) is 12.3. The lowest BCUT2D eigenvalue weighted by Crippen LogP contribution is -2.41. The molecule has 6 heteroatoms. The summed E-state index contributed by atoms with van der Waals surface area (Å²) in [5.41, 5.74) is 6.96. The summed E-state index contributed by atoms with van der Waals surface area (Å²) in [4.78, 5) is 4.10. The molecule has 0 amide bonds. The average Bonchev–Trinajstić information content (AvgIpc) is 2.35. The van der Waals surface area contributed by atoms with Gasteiger partial charge in [0.1, 0.15) is 5.82 Å². The predicted octanol–water partition coefficient (Wildman–Crippen LogP) is 1.69. The van der Waals surface area contributed by atoms with Gasteiger partial charge in [0.05, 0.1) is 11.2 Å². The van der Waals surface area contributed by atoms with Crippen molar-refractivity contribution in [3.8, 4) is 0 Å². The highest BCUT2D eigenvalue weighted by Crippen LogP contribution is 2.36. The van der Waals surface area contributed by atoms with Crippen LogP contribution in [0.1, 0.15) is 33.3 Å². The Balaban J connectivity index is 0.00000162. The first-order chi connectivity index (χ1) is 7.73. The molecule has 1 aliphatic heterocycles. The van der Waals surface area contributed by atoms with Gasteiger partial charge in [0.25, 0.3) is 0 Å². The number of aryl methyl sites for hydroxylation is 1. The highest BCUT2D eigenvalue weighted by molar-refractivity contribution is 6.62. The second kappa shape index (κ2) is 4.72. The maximum absolute atomic E-state index is 5.97. The van der Waals surface area contributed by atoms with Gasteiger partial charge >= 0.3 is 7.12 Å². The number of pyridine rings is 1. The lowest BCUT2D eigenvalue weighted by atomic mass is 9.77. The molecule has 1 aromatic rings. The molecule has 2 rings (SSSR count). The van der Waals surface area contributed by atoms with E-state index in [1.54, 1.807) is 6.20 Å². The molecule has 0 radical (unpaired) electrons. The molecule has 4 nitrogen and oxygen atoms in total. The topological polar surface area (TPSA) is 57.4 Å². The third-order valence-electron chi connectivity index (χ3n) is 3.68. The van der Waals surface area contributed by atoms with Crippen molar-refractivity contribution >= 4 is 30.8 Å². The Kier molecular flexibility index (Phi) is 4.01. The fourth-order valence-corrected chi connectivity index (χ4v) is 1.81. The Bertz CT molecular complexity index is 436. The number of anilines is 1. The number of rotatable bonds is 1. The number of hydrogen-bond acceptors (Lipinski definition) is 4. The lowest BCUT2D eigenvalue weighted by Gasteiger charge is -2.32. The van der Waals surface area contributed by atoms with E-state index in [0.717, 1.165) is 11.0 Å². The Morgan fingerprint density at radius 1 is 1.17 bits per heavy atom. The fraction of sp³-hybridized carbons (Fsp3) is 0.583. The van der Waals surface area contributed by atoms with E-state index in [2.05, 4.69) is 4.98 Å². The van der Waals surface area contributed by atoms with E-state index in [9.17, 15) is 0 Å². The van der Waals surface area contributed by atoms with Crippen molar-refractivity contribution in [3.63, 3.8) is 0 Å². The maximum Gasteiger partial charge on any atom is 0.496 e. The van der Waals surface area contributed by atoms with Crippen LogP contribution in [0.15, 0.2) is 12.3 Å². The average molecular weight is 271 g/mol. The number of nitrogens with two attached hydrogens (primary N) is 1. The molecule has 0 spiro atoms. The van der Waals surface area contributed by atoms with Crippen molar-refractivity contribution in [2.24, 2.45) is 0 Å². The van der Waals surface area contributed by atoms with Crippen molar-refractivity contribution in [3.05, 3.63) is 17.8 Å². The summed E-state index contributed by atoms with van der Waals surface area (Å²) >= 11 is 0. The molecule has 1 saturated heterocycles. The van der Waals surface area contributed by atoms with Crippen LogP contribution in [0.25, 0.3) is 0 Å². The second-order valence-corrected chi connectivity index (χ2v) is 5.55. The van der Waals surface area contributed by atoms with Crippen LogP contribution in [-0.2, 0) is 9.31 Å². The molecule has 0 aliphatic carbocycles. The third-order valence-corrected chi connectivity index (χ3v) is 3.68. The van der Waals surface area contributed by atoms with Crippen molar-refractivity contribution in [2.75, 3.05) is 5.73 Å². The predicted molar refractivity (Wildman–Crippen MR) is 76.4 cm³/mol. The fourth-order valence-electron chi connectivity index (χ4n) is 1.81. The van der Waals surface area contributed by atoms with Crippen LogP contribution < -0.4 is 11.2 Å². The summed E-state index contributed by atoms with van der Waals surface area (Å²) in [6.07, 6.45) is 1.73. The number of aromatic nitrogens is 1. The van der Waals surface area contributed by atoms with Gasteiger partial charge in [-0.05, 0) is 46.2 Å². The molecule has 1 aromatic heterocycles. The minimum atomic E-state index is -0.368. The van der Waals surface area contributed by atoms with Crippen LogP contribution in [0.5, 0.6) is 0 Å². The van der Waals surface area contributed by atoms with Gasteiger partial charge in [-0.2, -0.15) is 0 Å². The SMILES string of the molecule is Cc1cc(N)ncc1B1OC(C)(C)C(C)(C)O1.Cl. The molecule has 1 aliphatic rings. The Hall–Kier alpha value is -0.775. The smallest absolute Gasteiger partial charge is 0.399 e. The first-order valence-corrected chi connectivity index (χ1v) is 5.80. The van der Waals surface area contributed by atoms with E-state index in [-0.39, 0.29) is 30.7 Å². The lowest BCUT2D eigenvalue weighted by molar-refractivity contribution is 0.00578. The Labute approximate surface area is 115 Å². The molecular formula is C12H20BClN2O2. The molecule has 2 heterocycles. The van der Waals surface area contributed by atoms with E-state index in [0.29, 0.717) is 5.82 Å². The van der Waals surface area contributed by atoms with Crippen molar-refractivity contribution in [2.45, 2.75) is 45.8 Å². The number of hydrogen-bond donors (Lipinski definition) is 1. The molecule has 2 N–H and O–H groups in total. The van der Waals surface area contributed by atoms with E-state index in [1.165, 1.54) is 0 Å². The maximum atomic E-state index is 5.97. The van der Waals surface area contributed by atoms with E-state index in [1.807, 2.05) is 40.7 Å². The number of halogens is 1.